The Labute approximate surface area is 127 Å². The molecule has 22 heavy (non-hydrogen) atoms. The van der Waals surface area contributed by atoms with Gasteiger partial charge in [-0.3, -0.25) is 15.5 Å². The van der Waals surface area contributed by atoms with Crippen molar-refractivity contribution in [2.75, 3.05) is 5.32 Å². The maximum Gasteiger partial charge on any atom is 0.330 e. The van der Waals surface area contributed by atoms with Gasteiger partial charge in [-0.2, -0.15) is 0 Å². The highest BCUT2D eigenvalue weighted by molar-refractivity contribution is 5.98. The molecule has 1 atom stereocenters. The van der Waals surface area contributed by atoms with E-state index in [0.29, 0.717) is 5.95 Å². The minimum absolute atomic E-state index is 0.261. The number of anilines is 1. The van der Waals surface area contributed by atoms with E-state index in [0.717, 1.165) is 11.0 Å². The largest absolute Gasteiger partial charge is 0.330 e. The van der Waals surface area contributed by atoms with Crippen LogP contribution in [0.3, 0.4) is 0 Å². The highest BCUT2D eigenvalue weighted by atomic mass is 16.2. The minimum atomic E-state index is -0.833. The van der Waals surface area contributed by atoms with Crippen LogP contribution in [0.1, 0.15) is 20.8 Å². The summed E-state index contributed by atoms with van der Waals surface area (Å²) in [6, 6.07) is 7.24. The average molecular weight is 302 g/mol. The Morgan fingerprint density at radius 1 is 1.32 bits per heavy atom. The van der Waals surface area contributed by atoms with E-state index in [1.165, 1.54) is 0 Å². The van der Waals surface area contributed by atoms with Crippen LogP contribution in [0, 0.1) is 0 Å². The summed E-state index contributed by atoms with van der Waals surface area (Å²) in [7, 11) is 0. The van der Waals surface area contributed by atoms with E-state index in [1.807, 2.05) is 49.6 Å². The monoisotopic (exact) mass is 302 g/mol. The van der Waals surface area contributed by atoms with Gasteiger partial charge >= 0.3 is 6.03 Å². The average Bonchev–Trinajstić information content (AvgIpc) is 3.00. The van der Waals surface area contributed by atoms with E-state index in [2.05, 4.69) is 26.5 Å². The molecule has 4 N–H and O–H groups in total. The third-order valence-corrected chi connectivity index (χ3v) is 3.33. The second-order valence-corrected chi connectivity index (χ2v) is 6.10. The maximum atomic E-state index is 12.2. The lowest BCUT2D eigenvalue weighted by molar-refractivity contribution is -0.118. The van der Waals surface area contributed by atoms with Crippen molar-refractivity contribution in [1.29, 1.82) is 0 Å². The quantitative estimate of drug-likeness (QED) is 0.661. The summed E-state index contributed by atoms with van der Waals surface area (Å²) in [5, 5.41) is 5.22. The Bertz CT molecular complexity index is 745. The molecule has 0 radical (unpaired) electrons. The number of urea groups is 1. The number of hydrogen-bond acceptors (Lipinski definition) is 4. The van der Waals surface area contributed by atoms with Crippen molar-refractivity contribution in [2.45, 2.75) is 32.5 Å². The van der Waals surface area contributed by atoms with Crippen LogP contribution in [-0.4, -0.2) is 27.7 Å². The van der Waals surface area contributed by atoms with E-state index >= 15 is 0 Å². The first kappa shape index (κ1) is 14.3. The van der Waals surface area contributed by atoms with Gasteiger partial charge in [-0.15, -0.1) is 0 Å². The second kappa shape index (κ2) is 4.99. The highest BCUT2D eigenvalue weighted by Gasteiger charge is 2.29. The molecular formula is C14H18N6O2. The predicted molar refractivity (Wildman–Crippen MR) is 81.9 cm³/mol. The molecule has 2 heterocycles. The molecule has 1 aliphatic heterocycles. The fourth-order valence-corrected chi connectivity index (χ4v) is 2.44. The molecule has 1 aliphatic rings. The zero-order chi connectivity index (χ0) is 15.9. The number of nitrogens with one attached hydrogen (secondary N) is 4. The number of benzene rings is 1. The standard InChI is InChI=1S/C14H18N6O2/c1-14(2,3)20-9-7-5-4-6-8(9)15-12(20)17-11(21)10-16-13(22)19-18-10/h4-7,10,18H,1-3H3,(H,15,17,21)(H2,16,19,22). The van der Waals surface area contributed by atoms with Gasteiger partial charge in [0.05, 0.1) is 11.0 Å². The van der Waals surface area contributed by atoms with Gasteiger partial charge in [-0.05, 0) is 32.9 Å². The molecule has 1 aromatic carbocycles. The normalized spacial score (nSPS) is 18.1. The van der Waals surface area contributed by atoms with Crippen molar-refractivity contribution in [2.24, 2.45) is 0 Å². The van der Waals surface area contributed by atoms with E-state index in [9.17, 15) is 9.59 Å². The van der Waals surface area contributed by atoms with Crippen LogP contribution < -0.4 is 21.5 Å². The first-order valence-electron chi connectivity index (χ1n) is 6.97. The first-order valence-corrected chi connectivity index (χ1v) is 6.97. The number of imidazole rings is 1. The topological polar surface area (TPSA) is 100 Å². The van der Waals surface area contributed by atoms with Crippen LogP contribution in [0.25, 0.3) is 11.0 Å². The fraction of sp³-hybridized carbons (Fsp3) is 0.357. The lowest BCUT2D eigenvalue weighted by Gasteiger charge is -2.24. The number of rotatable bonds is 2. The number of fused-ring (bicyclic) bond motifs is 1. The number of carbonyl (C=O) groups excluding carboxylic acids is 2. The molecule has 116 valence electrons. The lowest BCUT2D eigenvalue weighted by Crippen LogP contribution is -2.45. The maximum absolute atomic E-state index is 12.2. The Morgan fingerprint density at radius 2 is 2.05 bits per heavy atom. The molecular weight excluding hydrogens is 284 g/mol. The van der Waals surface area contributed by atoms with Crippen LogP contribution in [0.4, 0.5) is 10.7 Å². The van der Waals surface area contributed by atoms with E-state index in [4.69, 9.17) is 0 Å². The molecule has 3 amide bonds. The molecule has 3 rings (SSSR count). The first-order chi connectivity index (χ1) is 10.4. The molecule has 0 aliphatic carbocycles. The predicted octanol–water partition coefficient (Wildman–Crippen LogP) is 0.873. The van der Waals surface area contributed by atoms with Gasteiger partial charge < -0.3 is 9.88 Å². The molecule has 8 nitrogen and oxygen atoms in total. The van der Waals surface area contributed by atoms with Crippen LogP contribution >= 0.6 is 0 Å². The zero-order valence-corrected chi connectivity index (χ0v) is 12.6. The summed E-state index contributed by atoms with van der Waals surface area (Å²) in [5.41, 5.74) is 6.35. The van der Waals surface area contributed by atoms with Crippen LogP contribution in [-0.2, 0) is 10.3 Å². The van der Waals surface area contributed by atoms with Crippen molar-refractivity contribution >= 4 is 28.9 Å². The minimum Gasteiger partial charge on any atom is -0.312 e. The smallest absolute Gasteiger partial charge is 0.312 e. The molecule has 1 fully saturated rings. The van der Waals surface area contributed by atoms with E-state index < -0.39 is 12.2 Å². The molecule has 0 bridgehead atoms. The number of amides is 3. The molecule has 1 aromatic heterocycles. The number of hydrogen-bond donors (Lipinski definition) is 4. The van der Waals surface area contributed by atoms with Crippen molar-refractivity contribution in [1.82, 2.24) is 25.7 Å². The third kappa shape index (κ3) is 2.48. The number of hydrazine groups is 1. The molecule has 0 saturated carbocycles. The van der Waals surface area contributed by atoms with Gasteiger partial charge in [-0.1, -0.05) is 12.1 Å². The zero-order valence-electron chi connectivity index (χ0n) is 12.6. The summed E-state index contributed by atoms with van der Waals surface area (Å²) < 4.78 is 1.96. The van der Waals surface area contributed by atoms with Gasteiger partial charge in [0.25, 0.3) is 5.91 Å². The summed E-state index contributed by atoms with van der Waals surface area (Å²) in [6.45, 7) is 6.11. The van der Waals surface area contributed by atoms with Gasteiger partial charge in [0.15, 0.2) is 6.17 Å². The molecule has 8 heteroatoms. The summed E-state index contributed by atoms with van der Waals surface area (Å²) in [5.74, 6) is 0.0563. The van der Waals surface area contributed by atoms with Gasteiger partial charge in [0.2, 0.25) is 5.95 Å². The highest BCUT2D eigenvalue weighted by Crippen LogP contribution is 2.27. The van der Waals surface area contributed by atoms with Crippen LogP contribution in [0.5, 0.6) is 0 Å². The molecule has 0 spiro atoms. The number of aromatic nitrogens is 2. The van der Waals surface area contributed by atoms with Crippen LogP contribution in [0.2, 0.25) is 0 Å². The number of para-hydroxylation sites is 2. The van der Waals surface area contributed by atoms with Crippen molar-refractivity contribution in [3.63, 3.8) is 0 Å². The SMILES string of the molecule is CC(C)(C)n1c(NC(=O)C2NNC(=O)N2)nc2ccccc21. The Kier molecular flexibility index (Phi) is 3.25. The van der Waals surface area contributed by atoms with Crippen molar-refractivity contribution < 1.29 is 9.59 Å². The summed E-state index contributed by atoms with van der Waals surface area (Å²) in [4.78, 5) is 27.8. The van der Waals surface area contributed by atoms with Gasteiger partial charge in [0.1, 0.15) is 0 Å². The summed E-state index contributed by atoms with van der Waals surface area (Å²) >= 11 is 0. The van der Waals surface area contributed by atoms with Gasteiger partial charge in [-0.25, -0.2) is 15.2 Å². The Balaban J connectivity index is 1.96. The molecule has 1 unspecified atom stereocenters. The summed E-state index contributed by atoms with van der Waals surface area (Å²) in [6.07, 6.45) is -0.833. The van der Waals surface area contributed by atoms with Crippen molar-refractivity contribution in [3.05, 3.63) is 24.3 Å². The van der Waals surface area contributed by atoms with E-state index in [-0.39, 0.29) is 11.4 Å². The lowest BCUT2D eigenvalue weighted by atomic mass is 10.1. The number of nitrogens with zero attached hydrogens (tertiary/aromatic N) is 2. The second-order valence-electron chi connectivity index (χ2n) is 6.10. The molecule has 1 saturated heterocycles. The molecule has 2 aromatic rings. The Hall–Kier alpha value is -2.61. The third-order valence-electron chi connectivity index (χ3n) is 3.33. The van der Waals surface area contributed by atoms with Gasteiger partial charge in [0, 0.05) is 5.54 Å². The number of carbonyl (C=O) groups is 2. The fourth-order valence-electron chi connectivity index (χ4n) is 2.44. The van der Waals surface area contributed by atoms with Crippen molar-refractivity contribution in [3.8, 4) is 0 Å². The Morgan fingerprint density at radius 3 is 2.68 bits per heavy atom. The van der Waals surface area contributed by atoms with E-state index in [1.54, 1.807) is 0 Å². The van der Waals surface area contributed by atoms with Crippen LogP contribution in [0.15, 0.2) is 24.3 Å².